The Labute approximate surface area is 164 Å². The van der Waals surface area contributed by atoms with E-state index in [1.165, 1.54) is 35.0 Å². The number of alkyl halides is 3. The Morgan fingerprint density at radius 2 is 1.79 bits per heavy atom. The fourth-order valence-corrected chi connectivity index (χ4v) is 3.09. The van der Waals surface area contributed by atoms with Crippen LogP contribution in [0.4, 0.5) is 13.2 Å². The second kappa shape index (κ2) is 7.41. The number of Topliss-reactive ketones (excluding diaryl/α,β-unsaturated/α-hetero) is 1. The minimum Gasteiger partial charge on any atom is -0.292 e. The van der Waals surface area contributed by atoms with Crippen molar-refractivity contribution in [2.45, 2.75) is 24.4 Å². The van der Waals surface area contributed by atoms with Crippen molar-refractivity contribution in [1.82, 2.24) is 14.8 Å². The summed E-state index contributed by atoms with van der Waals surface area (Å²) in [5, 5.41) is 9.26. The zero-order valence-electron chi connectivity index (χ0n) is 15.0. The van der Waals surface area contributed by atoms with E-state index in [4.69, 9.17) is 5.14 Å². The van der Waals surface area contributed by atoms with Crippen molar-refractivity contribution in [3.63, 3.8) is 0 Å². The normalized spacial score (nSPS) is 12.2. The second-order valence-electron chi connectivity index (χ2n) is 6.08. The first-order valence-electron chi connectivity index (χ1n) is 8.31. The topological polar surface area (TPSA) is 108 Å². The molecule has 0 aliphatic carbocycles. The summed E-state index contributed by atoms with van der Waals surface area (Å²) in [5.41, 5.74) is 0.0221. The van der Waals surface area contributed by atoms with Gasteiger partial charge in [0, 0.05) is 18.2 Å². The van der Waals surface area contributed by atoms with E-state index in [1.54, 1.807) is 6.92 Å². The van der Waals surface area contributed by atoms with Gasteiger partial charge < -0.3 is 0 Å². The molecule has 2 aromatic heterocycles. The van der Waals surface area contributed by atoms with Crippen molar-refractivity contribution >= 4 is 15.8 Å². The fourth-order valence-electron chi connectivity index (χ4n) is 2.57. The number of halogens is 3. The summed E-state index contributed by atoms with van der Waals surface area (Å²) in [5.74, 6) is -0.197. The van der Waals surface area contributed by atoms with Gasteiger partial charge in [-0.15, -0.1) is 0 Å². The van der Waals surface area contributed by atoms with Gasteiger partial charge in [0.25, 0.3) is 0 Å². The SMILES string of the molecule is CCC(=O)c1cc(-c2ccc(S(N)(=O)=O)cc2)n(-c2ccc(C(F)(F)F)cn2)n1. The molecule has 0 saturated carbocycles. The van der Waals surface area contributed by atoms with Gasteiger partial charge in [-0.25, -0.2) is 23.2 Å². The highest BCUT2D eigenvalue weighted by atomic mass is 32.2. The number of hydrogen-bond donors (Lipinski definition) is 1. The third kappa shape index (κ3) is 4.35. The molecule has 0 spiro atoms. The van der Waals surface area contributed by atoms with Gasteiger partial charge in [0.2, 0.25) is 10.0 Å². The molecule has 0 aliphatic rings. The van der Waals surface area contributed by atoms with E-state index >= 15 is 0 Å². The summed E-state index contributed by atoms with van der Waals surface area (Å²) in [6.07, 6.45) is -3.68. The number of aromatic nitrogens is 3. The van der Waals surface area contributed by atoms with Gasteiger partial charge in [-0.1, -0.05) is 19.1 Å². The first-order chi connectivity index (χ1) is 13.5. The molecule has 0 unspecified atom stereocenters. The highest BCUT2D eigenvalue weighted by Gasteiger charge is 2.31. The van der Waals surface area contributed by atoms with Gasteiger partial charge in [0.15, 0.2) is 11.6 Å². The Balaban J connectivity index is 2.12. The summed E-state index contributed by atoms with van der Waals surface area (Å²) in [7, 11) is -3.89. The summed E-state index contributed by atoms with van der Waals surface area (Å²) in [6.45, 7) is 1.65. The lowest BCUT2D eigenvalue weighted by Gasteiger charge is -2.09. The molecule has 7 nitrogen and oxygen atoms in total. The van der Waals surface area contributed by atoms with Gasteiger partial charge in [-0.2, -0.15) is 18.3 Å². The molecule has 0 amide bonds. The number of carbonyl (C=O) groups excluding carboxylic acids is 1. The largest absolute Gasteiger partial charge is 0.417 e. The Bertz CT molecular complexity index is 1150. The van der Waals surface area contributed by atoms with Crippen LogP contribution in [-0.4, -0.2) is 29.0 Å². The summed E-state index contributed by atoms with van der Waals surface area (Å²) < 4.78 is 62.5. The van der Waals surface area contributed by atoms with Gasteiger partial charge in [-0.05, 0) is 30.3 Å². The van der Waals surface area contributed by atoms with Crippen molar-refractivity contribution in [2.24, 2.45) is 5.14 Å². The molecule has 0 fully saturated rings. The first kappa shape index (κ1) is 20.7. The molecule has 0 saturated heterocycles. The maximum Gasteiger partial charge on any atom is 0.417 e. The van der Waals surface area contributed by atoms with E-state index in [-0.39, 0.29) is 28.6 Å². The maximum atomic E-state index is 12.8. The quantitative estimate of drug-likeness (QED) is 0.633. The van der Waals surface area contributed by atoms with Gasteiger partial charge in [-0.3, -0.25) is 4.79 Å². The van der Waals surface area contributed by atoms with E-state index in [1.807, 2.05) is 0 Å². The lowest BCUT2D eigenvalue weighted by molar-refractivity contribution is -0.137. The number of rotatable bonds is 5. The molecule has 3 rings (SSSR count). The Kier molecular flexibility index (Phi) is 5.28. The smallest absolute Gasteiger partial charge is 0.292 e. The van der Waals surface area contributed by atoms with Crippen LogP contribution in [0, 0.1) is 0 Å². The minimum absolute atomic E-state index is 0.0682. The number of benzene rings is 1. The third-order valence-corrected chi connectivity index (χ3v) is 5.02. The predicted molar refractivity (Wildman–Crippen MR) is 97.8 cm³/mol. The second-order valence-corrected chi connectivity index (χ2v) is 7.64. The van der Waals surface area contributed by atoms with Crippen LogP contribution >= 0.6 is 0 Å². The summed E-state index contributed by atoms with van der Waals surface area (Å²) in [6, 6.07) is 8.94. The fraction of sp³-hybridized carbons (Fsp3) is 0.167. The van der Waals surface area contributed by atoms with Crippen LogP contribution in [0.5, 0.6) is 0 Å². The number of nitrogens with two attached hydrogens (primary N) is 1. The third-order valence-electron chi connectivity index (χ3n) is 4.09. The minimum atomic E-state index is -4.54. The zero-order chi connectivity index (χ0) is 21.4. The number of ketones is 1. The highest BCUT2D eigenvalue weighted by Crippen LogP contribution is 2.30. The summed E-state index contributed by atoms with van der Waals surface area (Å²) in [4.78, 5) is 15.8. The molecule has 29 heavy (non-hydrogen) atoms. The van der Waals surface area contributed by atoms with E-state index in [2.05, 4.69) is 10.1 Å². The predicted octanol–water partition coefficient (Wildman–Crippen LogP) is 3.19. The van der Waals surface area contributed by atoms with Crippen molar-refractivity contribution in [3.05, 3.63) is 59.9 Å². The monoisotopic (exact) mass is 424 g/mol. The standard InChI is InChI=1S/C18H15F3N4O3S/c1-2-16(26)14-9-15(11-3-6-13(7-4-11)29(22,27)28)25(24-14)17-8-5-12(10-23-17)18(19,20)21/h3-10H,2H2,1H3,(H2,22,27,28). The Morgan fingerprint density at radius 1 is 1.14 bits per heavy atom. The maximum absolute atomic E-state index is 12.8. The number of nitrogens with zero attached hydrogens (tertiary/aromatic N) is 3. The van der Waals surface area contributed by atoms with Gasteiger partial charge >= 0.3 is 6.18 Å². The van der Waals surface area contributed by atoms with E-state index in [0.29, 0.717) is 17.5 Å². The summed E-state index contributed by atoms with van der Waals surface area (Å²) >= 11 is 0. The van der Waals surface area contributed by atoms with E-state index < -0.39 is 21.8 Å². The van der Waals surface area contributed by atoms with Crippen LogP contribution in [0.25, 0.3) is 17.1 Å². The molecule has 0 atom stereocenters. The van der Waals surface area contributed by atoms with Gasteiger partial charge in [0.1, 0.15) is 5.69 Å². The molecule has 2 N–H and O–H groups in total. The first-order valence-corrected chi connectivity index (χ1v) is 9.85. The van der Waals surface area contributed by atoms with Crippen molar-refractivity contribution in [3.8, 4) is 17.1 Å². The molecule has 1 aromatic carbocycles. The number of sulfonamides is 1. The van der Waals surface area contributed by atoms with Gasteiger partial charge in [0.05, 0.1) is 16.2 Å². The molecule has 0 aliphatic heterocycles. The molecule has 3 aromatic rings. The molecule has 2 heterocycles. The Hall–Kier alpha value is -3.05. The number of pyridine rings is 1. The number of carbonyl (C=O) groups is 1. The molecule has 0 bridgehead atoms. The van der Waals surface area contributed by atoms with Crippen LogP contribution in [-0.2, 0) is 16.2 Å². The van der Waals surface area contributed by atoms with E-state index in [0.717, 1.165) is 12.1 Å². The molecular weight excluding hydrogens is 409 g/mol. The molecule has 11 heteroatoms. The van der Waals surface area contributed by atoms with Crippen LogP contribution < -0.4 is 5.14 Å². The lowest BCUT2D eigenvalue weighted by atomic mass is 10.1. The highest BCUT2D eigenvalue weighted by molar-refractivity contribution is 7.89. The molecular formula is C18H15F3N4O3S. The van der Waals surface area contributed by atoms with Crippen LogP contribution in [0.1, 0.15) is 29.4 Å². The Morgan fingerprint density at radius 3 is 2.28 bits per heavy atom. The van der Waals surface area contributed by atoms with Crippen molar-refractivity contribution in [1.29, 1.82) is 0 Å². The number of primary sulfonamides is 1. The molecule has 0 radical (unpaired) electrons. The number of hydrogen-bond acceptors (Lipinski definition) is 5. The van der Waals surface area contributed by atoms with Crippen LogP contribution in [0.3, 0.4) is 0 Å². The van der Waals surface area contributed by atoms with Crippen molar-refractivity contribution < 1.29 is 26.4 Å². The molecule has 152 valence electrons. The average Bonchev–Trinajstić information content (AvgIpc) is 3.11. The van der Waals surface area contributed by atoms with E-state index in [9.17, 15) is 26.4 Å². The average molecular weight is 424 g/mol. The van der Waals surface area contributed by atoms with Crippen molar-refractivity contribution in [2.75, 3.05) is 0 Å². The zero-order valence-corrected chi connectivity index (χ0v) is 15.8. The lowest BCUT2D eigenvalue weighted by Crippen LogP contribution is -2.11. The van der Waals surface area contributed by atoms with Crippen LogP contribution in [0.15, 0.2) is 53.6 Å². The van der Waals surface area contributed by atoms with Crippen LogP contribution in [0.2, 0.25) is 0 Å².